The van der Waals surface area contributed by atoms with Crippen LogP contribution in [-0.4, -0.2) is 23.5 Å². The molecule has 86 valence electrons. The summed E-state index contributed by atoms with van der Waals surface area (Å²) < 4.78 is 0. The Morgan fingerprint density at radius 2 is 2.12 bits per heavy atom. The molecule has 1 rings (SSSR count). The zero-order valence-corrected chi connectivity index (χ0v) is 9.54. The molecule has 1 aromatic carbocycles. The van der Waals surface area contributed by atoms with Crippen LogP contribution in [0.5, 0.6) is 0 Å². The fourth-order valence-electron chi connectivity index (χ4n) is 1.33. The van der Waals surface area contributed by atoms with Crippen LogP contribution in [0.15, 0.2) is 18.2 Å². The van der Waals surface area contributed by atoms with Crippen LogP contribution in [0.3, 0.4) is 0 Å². The van der Waals surface area contributed by atoms with Crippen molar-refractivity contribution in [2.45, 2.75) is 13.3 Å². The van der Waals surface area contributed by atoms with Crippen LogP contribution in [0.1, 0.15) is 22.8 Å². The molecule has 0 saturated carbocycles. The smallest absolute Gasteiger partial charge is 0.336 e. The minimum atomic E-state index is -1.08. The molecule has 2 N–H and O–H groups in total. The molecule has 0 aliphatic rings. The zero-order valence-electron chi connectivity index (χ0n) is 8.79. The summed E-state index contributed by atoms with van der Waals surface area (Å²) in [7, 11) is 0. The summed E-state index contributed by atoms with van der Waals surface area (Å²) >= 11 is 5.69. The van der Waals surface area contributed by atoms with Crippen molar-refractivity contribution in [2.75, 3.05) is 6.54 Å². The first-order valence-corrected chi connectivity index (χ1v) is 5.20. The first kappa shape index (κ1) is 12.5. The van der Waals surface area contributed by atoms with Crippen molar-refractivity contribution >= 4 is 23.5 Å². The lowest BCUT2D eigenvalue weighted by Gasteiger charge is -2.06. The van der Waals surface area contributed by atoms with E-state index in [-0.39, 0.29) is 17.9 Å². The zero-order chi connectivity index (χ0) is 12.1. The average Bonchev–Trinajstić information content (AvgIpc) is 2.20. The van der Waals surface area contributed by atoms with Crippen LogP contribution in [0.4, 0.5) is 0 Å². The Kier molecular flexibility index (Phi) is 4.31. The number of amides is 1. The maximum absolute atomic E-state index is 11.3. The lowest BCUT2D eigenvalue weighted by Crippen LogP contribution is -2.25. The SMILES string of the molecule is CCNC(=O)Cc1ccc(Cl)cc1C(=O)O. The third-order valence-electron chi connectivity index (χ3n) is 2.03. The second-order valence-corrected chi connectivity index (χ2v) is 3.67. The average molecular weight is 242 g/mol. The van der Waals surface area contributed by atoms with E-state index in [9.17, 15) is 9.59 Å². The maximum atomic E-state index is 11.3. The molecule has 0 radical (unpaired) electrons. The van der Waals surface area contributed by atoms with Gasteiger partial charge in [-0.1, -0.05) is 17.7 Å². The van der Waals surface area contributed by atoms with Gasteiger partial charge in [-0.05, 0) is 24.6 Å². The summed E-state index contributed by atoms with van der Waals surface area (Å²) in [4.78, 5) is 22.3. The molecule has 0 aromatic heterocycles. The van der Waals surface area contributed by atoms with Gasteiger partial charge in [0.25, 0.3) is 0 Å². The Balaban J connectivity index is 2.95. The summed E-state index contributed by atoms with van der Waals surface area (Å²) in [5.74, 6) is -1.28. The van der Waals surface area contributed by atoms with Crippen molar-refractivity contribution in [3.8, 4) is 0 Å². The third kappa shape index (κ3) is 3.24. The van der Waals surface area contributed by atoms with Gasteiger partial charge in [-0.25, -0.2) is 4.79 Å². The number of rotatable bonds is 4. The number of nitrogens with one attached hydrogen (secondary N) is 1. The molecule has 1 amide bonds. The topological polar surface area (TPSA) is 66.4 Å². The van der Waals surface area contributed by atoms with Gasteiger partial charge in [-0.2, -0.15) is 0 Å². The van der Waals surface area contributed by atoms with E-state index in [0.717, 1.165) is 0 Å². The molecule has 5 heteroatoms. The molecule has 0 unspecified atom stereocenters. The Morgan fingerprint density at radius 1 is 1.44 bits per heavy atom. The van der Waals surface area contributed by atoms with Gasteiger partial charge in [0.2, 0.25) is 5.91 Å². The highest BCUT2D eigenvalue weighted by molar-refractivity contribution is 6.31. The lowest BCUT2D eigenvalue weighted by molar-refractivity contribution is -0.120. The first-order valence-electron chi connectivity index (χ1n) is 4.83. The van der Waals surface area contributed by atoms with Crippen molar-refractivity contribution in [3.63, 3.8) is 0 Å². The molecule has 4 nitrogen and oxygen atoms in total. The summed E-state index contributed by atoms with van der Waals surface area (Å²) in [6.45, 7) is 2.33. The van der Waals surface area contributed by atoms with Crippen LogP contribution in [0, 0.1) is 0 Å². The molecule has 0 fully saturated rings. The number of hydrogen-bond acceptors (Lipinski definition) is 2. The summed E-state index contributed by atoms with van der Waals surface area (Å²) in [6.07, 6.45) is 0.0483. The lowest BCUT2D eigenvalue weighted by atomic mass is 10.0. The Bertz CT molecular complexity index is 418. The molecule has 16 heavy (non-hydrogen) atoms. The fourth-order valence-corrected chi connectivity index (χ4v) is 1.51. The van der Waals surface area contributed by atoms with E-state index in [1.54, 1.807) is 19.1 Å². The Hall–Kier alpha value is -1.55. The number of carboxylic acid groups (broad SMARTS) is 1. The molecule has 1 aromatic rings. The van der Waals surface area contributed by atoms with Crippen LogP contribution in [-0.2, 0) is 11.2 Å². The molecule has 0 bridgehead atoms. The van der Waals surface area contributed by atoms with Crippen molar-refractivity contribution in [1.29, 1.82) is 0 Å². The van der Waals surface area contributed by atoms with Gasteiger partial charge in [0, 0.05) is 11.6 Å². The van der Waals surface area contributed by atoms with E-state index in [4.69, 9.17) is 16.7 Å². The van der Waals surface area contributed by atoms with Gasteiger partial charge < -0.3 is 10.4 Å². The van der Waals surface area contributed by atoms with Crippen molar-refractivity contribution in [3.05, 3.63) is 34.3 Å². The van der Waals surface area contributed by atoms with E-state index in [0.29, 0.717) is 17.1 Å². The van der Waals surface area contributed by atoms with Crippen LogP contribution in [0.2, 0.25) is 5.02 Å². The normalized spacial score (nSPS) is 9.88. The number of hydrogen-bond donors (Lipinski definition) is 2. The summed E-state index contributed by atoms with van der Waals surface area (Å²) in [5.41, 5.74) is 0.529. The van der Waals surface area contributed by atoms with E-state index >= 15 is 0 Å². The fraction of sp³-hybridized carbons (Fsp3) is 0.273. The van der Waals surface area contributed by atoms with E-state index < -0.39 is 5.97 Å². The second-order valence-electron chi connectivity index (χ2n) is 3.24. The number of benzene rings is 1. The van der Waals surface area contributed by atoms with Crippen molar-refractivity contribution in [1.82, 2.24) is 5.32 Å². The van der Waals surface area contributed by atoms with Crippen molar-refractivity contribution < 1.29 is 14.7 Å². The van der Waals surface area contributed by atoms with Crippen LogP contribution in [0.25, 0.3) is 0 Å². The monoisotopic (exact) mass is 241 g/mol. The molecule has 0 spiro atoms. The number of halogens is 1. The molecular weight excluding hydrogens is 230 g/mol. The van der Waals surface area contributed by atoms with Gasteiger partial charge >= 0.3 is 5.97 Å². The molecule has 0 aliphatic carbocycles. The minimum Gasteiger partial charge on any atom is -0.478 e. The van der Waals surface area contributed by atoms with Gasteiger partial charge in [-0.15, -0.1) is 0 Å². The number of carboxylic acids is 1. The predicted molar refractivity (Wildman–Crippen MR) is 60.8 cm³/mol. The summed E-state index contributed by atoms with van der Waals surface area (Å²) in [5, 5.41) is 11.9. The molecule has 0 heterocycles. The quantitative estimate of drug-likeness (QED) is 0.844. The second kappa shape index (κ2) is 5.51. The van der Waals surface area contributed by atoms with Crippen LogP contribution < -0.4 is 5.32 Å². The largest absolute Gasteiger partial charge is 0.478 e. The van der Waals surface area contributed by atoms with Gasteiger partial charge in [0.05, 0.1) is 12.0 Å². The highest BCUT2D eigenvalue weighted by atomic mass is 35.5. The van der Waals surface area contributed by atoms with E-state index in [1.165, 1.54) is 6.07 Å². The predicted octanol–water partition coefficient (Wildman–Crippen LogP) is 1.72. The third-order valence-corrected chi connectivity index (χ3v) is 2.26. The summed E-state index contributed by atoms with van der Waals surface area (Å²) in [6, 6.07) is 4.47. The molecule has 0 saturated heterocycles. The maximum Gasteiger partial charge on any atom is 0.336 e. The highest BCUT2D eigenvalue weighted by Crippen LogP contribution is 2.16. The highest BCUT2D eigenvalue weighted by Gasteiger charge is 2.13. The van der Waals surface area contributed by atoms with Crippen molar-refractivity contribution in [2.24, 2.45) is 0 Å². The Morgan fingerprint density at radius 3 is 2.69 bits per heavy atom. The molecular formula is C11H12ClNO3. The molecule has 0 aliphatic heterocycles. The van der Waals surface area contributed by atoms with Crippen LogP contribution >= 0.6 is 11.6 Å². The number of aromatic carboxylic acids is 1. The Labute approximate surface area is 98.2 Å². The number of carbonyl (C=O) groups excluding carboxylic acids is 1. The van der Waals surface area contributed by atoms with E-state index in [1.807, 2.05) is 0 Å². The number of likely N-dealkylation sites (N-methyl/N-ethyl adjacent to an activating group) is 1. The number of carbonyl (C=O) groups is 2. The van der Waals surface area contributed by atoms with Gasteiger partial charge in [-0.3, -0.25) is 4.79 Å². The van der Waals surface area contributed by atoms with E-state index in [2.05, 4.69) is 5.32 Å². The van der Waals surface area contributed by atoms with Gasteiger partial charge in [0.1, 0.15) is 0 Å². The van der Waals surface area contributed by atoms with Gasteiger partial charge in [0.15, 0.2) is 0 Å². The standard InChI is InChI=1S/C11H12ClNO3/c1-2-13-10(14)5-7-3-4-8(12)6-9(7)11(15)16/h3-4,6H,2,5H2,1H3,(H,13,14)(H,15,16). The minimum absolute atomic E-state index is 0.0483. The first-order chi connectivity index (χ1) is 7.54. The molecule has 0 atom stereocenters.